The number of hydrogen-bond acceptors (Lipinski definition) is 4. The molecular weight excluding hydrogens is 302 g/mol. The highest BCUT2D eigenvalue weighted by Crippen LogP contribution is 2.16. The Morgan fingerprint density at radius 2 is 1.86 bits per heavy atom. The fourth-order valence-electron chi connectivity index (χ4n) is 1.84. The minimum absolute atomic E-state index is 0.0161. The van der Waals surface area contributed by atoms with Crippen molar-refractivity contribution in [2.24, 2.45) is 0 Å². The molecule has 0 aliphatic rings. The summed E-state index contributed by atoms with van der Waals surface area (Å²) >= 11 is 5.84. The highest BCUT2D eigenvalue weighted by Gasteiger charge is 2.14. The van der Waals surface area contributed by atoms with E-state index < -0.39 is 0 Å². The van der Waals surface area contributed by atoms with Gasteiger partial charge in [-0.3, -0.25) is 4.79 Å². The SMILES string of the molecule is C=CCN(CC=C)C(=O)Cn1nnc(-c2ccc(Cl)cc2)n1. The molecular formula is C15H16ClN5O. The zero-order chi connectivity index (χ0) is 15.9. The lowest BCUT2D eigenvalue weighted by molar-refractivity contribution is -0.131. The molecule has 1 amide bonds. The Kier molecular flexibility index (Phi) is 5.43. The van der Waals surface area contributed by atoms with E-state index in [1.54, 1.807) is 41.3 Å². The standard InChI is InChI=1S/C15H16ClN5O/c1-3-9-20(10-4-2)14(22)11-21-18-15(17-19-21)12-5-7-13(16)8-6-12/h3-8H,1-2,9-11H2. The zero-order valence-corrected chi connectivity index (χ0v) is 12.8. The average molecular weight is 318 g/mol. The Balaban J connectivity index is 2.07. The molecule has 1 heterocycles. The van der Waals surface area contributed by atoms with E-state index in [4.69, 9.17) is 11.6 Å². The summed E-state index contributed by atoms with van der Waals surface area (Å²) in [5, 5.41) is 12.7. The fourth-order valence-corrected chi connectivity index (χ4v) is 1.96. The summed E-state index contributed by atoms with van der Waals surface area (Å²) in [6.07, 6.45) is 3.32. The van der Waals surface area contributed by atoms with Crippen LogP contribution in [0.2, 0.25) is 5.02 Å². The number of carbonyl (C=O) groups is 1. The molecule has 6 nitrogen and oxygen atoms in total. The lowest BCUT2D eigenvalue weighted by atomic mass is 10.2. The fraction of sp³-hybridized carbons (Fsp3) is 0.200. The summed E-state index contributed by atoms with van der Waals surface area (Å²) in [6, 6.07) is 7.09. The first-order valence-electron chi connectivity index (χ1n) is 6.67. The van der Waals surface area contributed by atoms with Crippen molar-refractivity contribution in [3.8, 4) is 11.4 Å². The van der Waals surface area contributed by atoms with Crippen molar-refractivity contribution < 1.29 is 4.79 Å². The van der Waals surface area contributed by atoms with Gasteiger partial charge in [-0.25, -0.2) is 0 Å². The van der Waals surface area contributed by atoms with Gasteiger partial charge in [-0.05, 0) is 29.5 Å². The van der Waals surface area contributed by atoms with Crippen molar-refractivity contribution in [2.45, 2.75) is 6.54 Å². The third kappa shape index (κ3) is 4.02. The largest absolute Gasteiger partial charge is 0.334 e. The number of benzene rings is 1. The van der Waals surface area contributed by atoms with Gasteiger partial charge in [-0.2, -0.15) is 4.80 Å². The predicted molar refractivity (Wildman–Crippen MR) is 85.2 cm³/mol. The van der Waals surface area contributed by atoms with Crippen LogP contribution in [0.1, 0.15) is 0 Å². The van der Waals surface area contributed by atoms with E-state index in [2.05, 4.69) is 28.6 Å². The molecule has 2 rings (SSSR count). The summed E-state index contributed by atoms with van der Waals surface area (Å²) in [5.74, 6) is 0.323. The van der Waals surface area contributed by atoms with Crippen LogP contribution in [-0.4, -0.2) is 44.1 Å². The van der Waals surface area contributed by atoms with Gasteiger partial charge < -0.3 is 4.90 Å². The van der Waals surface area contributed by atoms with Gasteiger partial charge >= 0.3 is 0 Å². The van der Waals surface area contributed by atoms with E-state index in [0.29, 0.717) is 23.9 Å². The van der Waals surface area contributed by atoms with Crippen LogP contribution in [0.3, 0.4) is 0 Å². The number of amides is 1. The minimum atomic E-state index is -0.125. The van der Waals surface area contributed by atoms with E-state index in [1.807, 2.05) is 0 Å². The average Bonchev–Trinajstić information content (AvgIpc) is 2.96. The van der Waals surface area contributed by atoms with E-state index in [9.17, 15) is 4.79 Å². The van der Waals surface area contributed by atoms with Gasteiger partial charge in [-0.15, -0.1) is 23.4 Å². The van der Waals surface area contributed by atoms with Crippen LogP contribution in [0.15, 0.2) is 49.6 Å². The Morgan fingerprint density at radius 3 is 2.45 bits per heavy atom. The smallest absolute Gasteiger partial charge is 0.246 e. The Labute approximate surface area is 133 Å². The molecule has 22 heavy (non-hydrogen) atoms. The van der Waals surface area contributed by atoms with Crippen LogP contribution < -0.4 is 0 Å². The van der Waals surface area contributed by atoms with Gasteiger partial charge in [0.05, 0.1) is 0 Å². The van der Waals surface area contributed by atoms with Crippen LogP contribution in [0.25, 0.3) is 11.4 Å². The normalized spacial score (nSPS) is 10.2. The third-order valence-electron chi connectivity index (χ3n) is 2.88. The molecule has 0 fully saturated rings. The van der Waals surface area contributed by atoms with Gasteiger partial charge in [0.2, 0.25) is 11.7 Å². The molecule has 0 unspecified atom stereocenters. The highest BCUT2D eigenvalue weighted by atomic mass is 35.5. The van der Waals surface area contributed by atoms with Crippen LogP contribution >= 0.6 is 11.6 Å². The predicted octanol–water partition coefficient (Wildman–Crippen LogP) is 2.19. The number of tetrazole rings is 1. The summed E-state index contributed by atoms with van der Waals surface area (Å²) in [4.78, 5) is 15.0. The molecule has 0 aliphatic heterocycles. The maximum Gasteiger partial charge on any atom is 0.246 e. The molecule has 0 saturated carbocycles. The number of halogens is 1. The van der Waals surface area contributed by atoms with Crippen LogP contribution in [0.5, 0.6) is 0 Å². The monoisotopic (exact) mass is 317 g/mol. The molecule has 2 aromatic rings. The molecule has 0 aliphatic carbocycles. The van der Waals surface area contributed by atoms with Crippen molar-refractivity contribution in [1.82, 2.24) is 25.1 Å². The van der Waals surface area contributed by atoms with E-state index in [-0.39, 0.29) is 12.5 Å². The summed E-state index contributed by atoms with van der Waals surface area (Å²) in [5.41, 5.74) is 0.789. The molecule has 0 spiro atoms. The molecule has 0 saturated heterocycles. The van der Waals surface area contributed by atoms with Crippen LogP contribution in [-0.2, 0) is 11.3 Å². The summed E-state index contributed by atoms with van der Waals surface area (Å²) in [7, 11) is 0. The summed E-state index contributed by atoms with van der Waals surface area (Å²) < 4.78 is 0. The third-order valence-corrected chi connectivity index (χ3v) is 3.14. The van der Waals surface area contributed by atoms with Gasteiger partial charge in [0.1, 0.15) is 6.54 Å². The van der Waals surface area contributed by atoms with Gasteiger partial charge in [0, 0.05) is 23.7 Å². The van der Waals surface area contributed by atoms with Crippen molar-refractivity contribution in [3.05, 3.63) is 54.6 Å². The Morgan fingerprint density at radius 1 is 1.23 bits per heavy atom. The van der Waals surface area contributed by atoms with Crippen LogP contribution in [0.4, 0.5) is 0 Å². The molecule has 0 atom stereocenters. The maximum atomic E-state index is 12.2. The number of rotatable bonds is 7. The molecule has 1 aromatic heterocycles. The number of carbonyl (C=O) groups excluding carboxylic acids is 1. The molecule has 0 N–H and O–H groups in total. The number of nitrogens with zero attached hydrogens (tertiary/aromatic N) is 5. The lowest BCUT2D eigenvalue weighted by Crippen LogP contribution is -2.34. The second kappa shape index (κ2) is 7.51. The van der Waals surface area contributed by atoms with Gasteiger partial charge in [0.25, 0.3) is 0 Å². The molecule has 0 bridgehead atoms. The van der Waals surface area contributed by atoms with Gasteiger partial charge in [-0.1, -0.05) is 23.8 Å². The lowest BCUT2D eigenvalue weighted by Gasteiger charge is -2.18. The van der Waals surface area contributed by atoms with Crippen LogP contribution in [0, 0.1) is 0 Å². The first-order valence-corrected chi connectivity index (χ1v) is 7.05. The zero-order valence-electron chi connectivity index (χ0n) is 12.0. The summed E-state index contributed by atoms with van der Waals surface area (Å²) in [6.45, 7) is 8.18. The van der Waals surface area contributed by atoms with Crippen molar-refractivity contribution in [1.29, 1.82) is 0 Å². The first kappa shape index (κ1) is 15.9. The maximum absolute atomic E-state index is 12.2. The first-order chi connectivity index (χ1) is 10.6. The second-order valence-corrected chi connectivity index (χ2v) is 4.96. The quantitative estimate of drug-likeness (QED) is 0.734. The number of hydrogen-bond donors (Lipinski definition) is 0. The Hall–Kier alpha value is -2.47. The van der Waals surface area contributed by atoms with E-state index in [0.717, 1.165) is 5.56 Å². The minimum Gasteiger partial charge on any atom is -0.334 e. The molecule has 114 valence electrons. The number of aromatic nitrogens is 4. The molecule has 1 aromatic carbocycles. The van der Waals surface area contributed by atoms with Crippen molar-refractivity contribution in [2.75, 3.05) is 13.1 Å². The molecule has 7 heteroatoms. The van der Waals surface area contributed by atoms with Gasteiger partial charge in [0.15, 0.2) is 0 Å². The highest BCUT2D eigenvalue weighted by molar-refractivity contribution is 6.30. The van der Waals surface area contributed by atoms with E-state index in [1.165, 1.54) is 4.80 Å². The topological polar surface area (TPSA) is 63.9 Å². The molecule has 0 radical (unpaired) electrons. The van der Waals surface area contributed by atoms with Crippen molar-refractivity contribution in [3.63, 3.8) is 0 Å². The second-order valence-electron chi connectivity index (χ2n) is 4.53. The van der Waals surface area contributed by atoms with Crippen molar-refractivity contribution >= 4 is 17.5 Å². The van der Waals surface area contributed by atoms with E-state index >= 15 is 0 Å². The Bertz CT molecular complexity index is 655.